The van der Waals surface area contributed by atoms with Gasteiger partial charge in [0.2, 0.25) is 17.5 Å². The van der Waals surface area contributed by atoms with E-state index >= 15 is 0 Å². The quantitative estimate of drug-likeness (QED) is 0.257. The molecule has 6 aliphatic rings. The minimum absolute atomic E-state index is 0.0362. The molecule has 0 aliphatic carbocycles. The molecule has 1 spiro atoms. The lowest BCUT2D eigenvalue weighted by molar-refractivity contribution is -0.136. The third-order valence-electron chi connectivity index (χ3n) is 13.3. The van der Waals surface area contributed by atoms with E-state index in [9.17, 15) is 24.0 Å². The molecule has 9 rings (SSSR count). The predicted octanol–water partition coefficient (Wildman–Crippen LogP) is 5.44. The molecular weight excluding hydrogens is 744 g/mol. The Bertz CT molecular complexity index is 2180. The Morgan fingerprint density at radius 3 is 2.23 bits per heavy atom. The normalized spacial score (nSPS) is 23.6. The monoisotopic (exact) mass is 788 g/mol. The van der Waals surface area contributed by atoms with E-state index in [1.54, 1.807) is 12.1 Å². The number of hydrogen-bond donors (Lipinski definition) is 1. The summed E-state index contributed by atoms with van der Waals surface area (Å²) in [5.74, 6) is -1.58. The van der Waals surface area contributed by atoms with Gasteiger partial charge in [0.05, 0.1) is 29.6 Å². The highest BCUT2D eigenvalue weighted by Gasteiger charge is 2.46. The molecule has 1 aromatic heterocycles. The SMILES string of the molecule is [C-]#[N+]c1ccc(N2CC3(CCN(c4ccc(C(=O)N5CCC(CN6Cc7cc8c(cc7C6)C(=O)N(C6CCC(=O)NC6=O)C8=O)CC5)nc4)CC3)C[C@@H]2C)cc1Cl. The fourth-order valence-corrected chi connectivity index (χ4v) is 10.4. The number of benzene rings is 2. The number of aromatic nitrogens is 1. The Morgan fingerprint density at radius 2 is 1.61 bits per heavy atom. The molecule has 2 atom stereocenters. The van der Waals surface area contributed by atoms with Gasteiger partial charge in [0.1, 0.15) is 11.7 Å². The molecule has 14 heteroatoms. The molecule has 0 radical (unpaired) electrons. The standard InChI is InChI=1S/C43H45ClN8O5/c1-26-20-43(25-51(26)30-3-5-35(45-2)34(44)19-30)11-15-49(16-12-43)31-4-6-36(46-21-31)42(57)50-13-9-27(10-14-50)22-48-23-28-17-32-33(18-29(28)24-48)41(56)52(40(32)55)37-7-8-38(53)47-39(37)54/h3-6,17-19,21,26-27,37H,7-16,20,22-25H2,1H3,(H,47,53,54)/t26-,37?/m0/s1. The van der Waals surface area contributed by atoms with Crippen LogP contribution >= 0.6 is 11.6 Å². The van der Waals surface area contributed by atoms with Crippen LogP contribution in [-0.2, 0) is 22.7 Å². The first-order chi connectivity index (χ1) is 27.5. The third kappa shape index (κ3) is 6.82. The number of fused-ring (bicyclic) bond motifs is 2. The van der Waals surface area contributed by atoms with E-state index in [0.717, 1.165) is 85.7 Å². The highest BCUT2D eigenvalue weighted by Crippen LogP contribution is 2.46. The summed E-state index contributed by atoms with van der Waals surface area (Å²) >= 11 is 6.38. The number of pyridine rings is 1. The molecule has 4 saturated heterocycles. The smallest absolute Gasteiger partial charge is 0.272 e. The number of anilines is 2. The topological polar surface area (TPSA) is 131 Å². The Hall–Kier alpha value is -5.32. The molecule has 2 aromatic carbocycles. The molecular formula is C43H45ClN8O5. The number of carbonyl (C=O) groups is 5. The van der Waals surface area contributed by atoms with Crippen molar-refractivity contribution >= 4 is 58.2 Å². The van der Waals surface area contributed by atoms with E-state index in [0.29, 0.717) is 65.7 Å². The van der Waals surface area contributed by atoms with Crippen molar-refractivity contribution in [3.8, 4) is 0 Å². The molecule has 3 aromatic rings. The zero-order chi connectivity index (χ0) is 39.6. The summed E-state index contributed by atoms with van der Waals surface area (Å²) in [5.41, 5.74) is 5.98. The maximum atomic E-state index is 13.5. The summed E-state index contributed by atoms with van der Waals surface area (Å²) in [6.07, 6.45) is 7.12. The second kappa shape index (κ2) is 14.6. The summed E-state index contributed by atoms with van der Waals surface area (Å²) < 4.78 is 0. The van der Waals surface area contributed by atoms with Crippen molar-refractivity contribution in [1.82, 2.24) is 25.0 Å². The number of imide groups is 2. The Morgan fingerprint density at radius 1 is 0.930 bits per heavy atom. The highest BCUT2D eigenvalue weighted by molar-refractivity contribution is 6.33. The van der Waals surface area contributed by atoms with Crippen LogP contribution in [0.4, 0.5) is 17.1 Å². The molecule has 294 valence electrons. The Kier molecular flexibility index (Phi) is 9.52. The van der Waals surface area contributed by atoms with Gasteiger partial charge in [-0.05, 0) is 104 Å². The number of carbonyl (C=O) groups excluding carboxylic acids is 5. The molecule has 7 heterocycles. The second-order valence-electron chi connectivity index (χ2n) is 16.8. The van der Waals surface area contributed by atoms with Crippen molar-refractivity contribution in [2.24, 2.45) is 11.3 Å². The summed E-state index contributed by atoms with van der Waals surface area (Å²) in [5, 5.41) is 2.75. The van der Waals surface area contributed by atoms with Crippen molar-refractivity contribution < 1.29 is 24.0 Å². The molecule has 57 heavy (non-hydrogen) atoms. The van der Waals surface area contributed by atoms with E-state index < -0.39 is 29.7 Å². The van der Waals surface area contributed by atoms with Crippen LogP contribution in [-0.4, -0.2) is 101 Å². The van der Waals surface area contributed by atoms with Gasteiger partial charge in [-0.15, -0.1) is 0 Å². The second-order valence-corrected chi connectivity index (χ2v) is 17.2. The summed E-state index contributed by atoms with van der Waals surface area (Å²) in [6, 6.07) is 12.7. The van der Waals surface area contributed by atoms with E-state index in [-0.39, 0.29) is 24.2 Å². The Balaban J connectivity index is 0.745. The first kappa shape index (κ1) is 37.3. The average molecular weight is 789 g/mol. The molecule has 0 saturated carbocycles. The third-order valence-corrected chi connectivity index (χ3v) is 13.6. The number of halogens is 1. The van der Waals surface area contributed by atoms with E-state index in [1.165, 1.54) is 0 Å². The fraction of sp³-hybridized carbons (Fsp3) is 0.465. The van der Waals surface area contributed by atoms with Gasteiger partial charge in [-0.2, -0.15) is 0 Å². The van der Waals surface area contributed by atoms with Gasteiger partial charge in [-0.3, -0.25) is 39.1 Å². The Labute approximate surface area is 336 Å². The fourth-order valence-electron chi connectivity index (χ4n) is 10.1. The number of rotatable bonds is 6. The molecule has 13 nitrogen and oxygen atoms in total. The van der Waals surface area contributed by atoms with Gasteiger partial charge in [0.15, 0.2) is 0 Å². The minimum atomic E-state index is -0.971. The number of likely N-dealkylation sites (tertiary alicyclic amines) is 1. The number of amides is 5. The van der Waals surface area contributed by atoms with Crippen molar-refractivity contribution in [2.45, 2.75) is 77.0 Å². The van der Waals surface area contributed by atoms with Crippen molar-refractivity contribution in [3.63, 3.8) is 0 Å². The molecule has 6 aliphatic heterocycles. The van der Waals surface area contributed by atoms with Crippen LogP contribution in [0.1, 0.15) is 94.2 Å². The van der Waals surface area contributed by atoms with Crippen molar-refractivity contribution in [3.05, 3.63) is 93.0 Å². The maximum Gasteiger partial charge on any atom is 0.272 e. The van der Waals surface area contributed by atoms with Crippen LogP contribution in [0.5, 0.6) is 0 Å². The molecule has 4 fully saturated rings. The zero-order valence-electron chi connectivity index (χ0n) is 32.0. The van der Waals surface area contributed by atoms with Gasteiger partial charge in [0.25, 0.3) is 17.7 Å². The lowest BCUT2D eigenvalue weighted by atomic mass is 9.76. The summed E-state index contributed by atoms with van der Waals surface area (Å²) in [7, 11) is 0. The number of nitrogens with zero attached hydrogens (tertiary/aromatic N) is 7. The van der Waals surface area contributed by atoms with Crippen molar-refractivity contribution in [2.75, 3.05) is 49.1 Å². The predicted molar refractivity (Wildman–Crippen MR) is 213 cm³/mol. The average Bonchev–Trinajstić information content (AvgIpc) is 3.84. The van der Waals surface area contributed by atoms with Crippen LogP contribution in [0.15, 0.2) is 48.7 Å². The molecule has 5 amide bonds. The van der Waals surface area contributed by atoms with E-state index in [4.69, 9.17) is 18.2 Å². The van der Waals surface area contributed by atoms with Gasteiger partial charge in [-0.25, -0.2) is 9.83 Å². The van der Waals surface area contributed by atoms with Gasteiger partial charge < -0.3 is 14.7 Å². The first-order valence-corrected chi connectivity index (χ1v) is 20.4. The zero-order valence-corrected chi connectivity index (χ0v) is 32.8. The van der Waals surface area contributed by atoms with Crippen LogP contribution in [0, 0.1) is 17.9 Å². The largest absolute Gasteiger partial charge is 0.370 e. The van der Waals surface area contributed by atoms with Gasteiger partial charge in [-0.1, -0.05) is 17.7 Å². The number of hydrogen-bond acceptors (Lipinski definition) is 9. The van der Waals surface area contributed by atoms with Crippen LogP contribution in [0.3, 0.4) is 0 Å². The molecule has 1 unspecified atom stereocenters. The minimum Gasteiger partial charge on any atom is -0.370 e. The van der Waals surface area contributed by atoms with Crippen molar-refractivity contribution in [1.29, 1.82) is 0 Å². The van der Waals surface area contributed by atoms with Crippen LogP contribution < -0.4 is 15.1 Å². The summed E-state index contributed by atoms with van der Waals surface area (Å²) in [6.45, 7) is 16.0. The lowest BCUT2D eigenvalue weighted by Gasteiger charge is -2.40. The number of piperidine rings is 3. The molecule has 0 bridgehead atoms. The van der Waals surface area contributed by atoms with E-state index in [2.05, 4.69) is 36.8 Å². The highest BCUT2D eigenvalue weighted by atomic mass is 35.5. The van der Waals surface area contributed by atoms with Gasteiger partial charge >= 0.3 is 0 Å². The van der Waals surface area contributed by atoms with Crippen LogP contribution in [0.2, 0.25) is 5.02 Å². The maximum absolute atomic E-state index is 13.5. The lowest BCUT2D eigenvalue weighted by Crippen LogP contribution is -2.54. The van der Waals surface area contributed by atoms with Gasteiger partial charge in [0, 0.05) is 75.5 Å². The number of nitrogens with one attached hydrogen (secondary N) is 1. The van der Waals surface area contributed by atoms with Crippen LogP contribution in [0.25, 0.3) is 4.85 Å². The first-order valence-electron chi connectivity index (χ1n) is 20.0. The van der Waals surface area contributed by atoms with E-state index in [1.807, 2.05) is 41.4 Å². The molecule has 1 N–H and O–H groups in total. The summed E-state index contributed by atoms with van der Waals surface area (Å²) in [4.78, 5) is 82.4.